The van der Waals surface area contributed by atoms with Gasteiger partial charge in [-0.2, -0.15) is 0 Å². The average molecular weight is 353 g/mol. The fourth-order valence-electron chi connectivity index (χ4n) is 3.99. The Morgan fingerprint density at radius 3 is 2.76 bits per heavy atom. The molecule has 0 saturated carbocycles. The van der Waals surface area contributed by atoms with Crippen molar-refractivity contribution in [2.24, 2.45) is 22.7 Å². The molecule has 0 bridgehead atoms. The van der Waals surface area contributed by atoms with E-state index in [1.54, 1.807) is 0 Å². The smallest absolute Gasteiger partial charge is 0.310 e. The molecule has 2 fully saturated rings. The number of ether oxygens (including phenoxy) is 1. The molecule has 2 rings (SSSR count). The van der Waals surface area contributed by atoms with Crippen LogP contribution in [-0.4, -0.2) is 74.7 Å². The highest BCUT2D eigenvalue weighted by Gasteiger charge is 2.36. The molecule has 1 N–H and O–H groups in total. The molecule has 3 atom stereocenters. The summed E-state index contributed by atoms with van der Waals surface area (Å²) >= 11 is 0. The third kappa shape index (κ3) is 5.87. The summed E-state index contributed by atoms with van der Waals surface area (Å²) in [5, 5.41) is 3.38. The molecular weight excluding hydrogens is 316 g/mol. The van der Waals surface area contributed by atoms with Crippen LogP contribution >= 0.6 is 0 Å². The number of esters is 1. The normalized spacial score (nSPS) is 28.2. The third-order valence-electron chi connectivity index (χ3n) is 5.39. The highest BCUT2D eigenvalue weighted by Crippen LogP contribution is 2.24. The van der Waals surface area contributed by atoms with Gasteiger partial charge in [0.1, 0.15) is 0 Å². The third-order valence-corrected chi connectivity index (χ3v) is 5.39. The number of carbonyl (C=O) groups excluding carboxylic acids is 1. The second-order valence-corrected chi connectivity index (χ2v) is 7.65. The Morgan fingerprint density at radius 2 is 2.08 bits per heavy atom. The minimum atomic E-state index is -0.106. The van der Waals surface area contributed by atoms with Crippen molar-refractivity contribution in [3.05, 3.63) is 0 Å². The molecule has 2 aliphatic rings. The van der Waals surface area contributed by atoms with E-state index in [2.05, 4.69) is 35.9 Å². The van der Waals surface area contributed by atoms with Gasteiger partial charge in [0.05, 0.1) is 13.0 Å². The molecular formula is C19H36N4O2. The van der Waals surface area contributed by atoms with E-state index in [4.69, 9.17) is 9.73 Å². The van der Waals surface area contributed by atoms with Crippen molar-refractivity contribution in [2.75, 3.05) is 52.9 Å². The first kappa shape index (κ1) is 20.0. The molecule has 0 aliphatic carbocycles. The second-order valence-electron chi connectivity index (χ2n) is 7.65. The van der Waals surface area contributed by atoms with E-state index in [-0.39, 0.29) is 11.9 Å². The maximum atomic E-state index is 11.9. The van der Waals surface area contributed by atoms with Gasteiger partial charge in [0.2, 0.25) is 0 Å². The van der Waals surface area contributed by atoms with Crippen molar-refractivity contribution >= 4 is 11.9 Å². The molecule has 0 amide bonds. The molecule has 2 aliphatic heterocycles. The number of hydrogen-bond acceptors (Lipinski definition) is 4. The number of nitrogens with zero attached hydrogens (tertiary/aromatic N) is 3. The van der Waals surface area contributed by atoms with Crippen molar-refractivity contribution in [2.45, 2.75) is 40.0 Å². The Hall–Kier alpha value is -1.30. The van der Waals surface area contributed by atoms with Gasteiger partial charge < -0.3 is 19.9 Å². The number of hydrogen-bond donors (Lipinski definition) is 1. The number of carbonyl (C=O) groups is 1. The predicted octanol–water partition coefficient (Wildman–Crippen LogP) is 1.81. The van der Waals surface area contributed by atoms with Crippen LogP contribution in [0.25, 0.3) is 0 Å². The van der Waals surface area contributed by atoms with Gasteiger partial charge in [0.25, 0.3) is 0 Å². The number of aliphatic imine (C=N–C) groups is 1. The Kier molecular flexibility index (Phi) is 8.00. The van der Waals surface area contributed by atoms with Crippen LogP contribution in [0.15, 0.2) is 4.99 Å². The van der Waals surface area contributed by atoms with Crippen LogP contribution in [0.5, 0.6) is 0 Å². The zero-order valence-electron chi connectivity index (χ0n) is 16.5. The lowest BCUT2D eigenvalue weighted by atomic mass is 9.99. The van der Waals surface area contributed by atoms with Gasteiger partial charge in [0.15, 0.2) is 5.96 Å². The van der Waals surface area contributed by atoms with Crippen LogP contribution in [0, 0.1) is 17.8 Å². The van der Waals surface area contributed by atoms with Gasteiger partial charge in [-0.1, -0.05) is 13.8 Å². The number of piperidine rings is 1. The van der Waals surface area contributed by atoms with Gasteiger partial charge >= 0.3 is 5.97 Å². The summed E-state index contributed by atoms with van der Waals surface area (Å²) in [7, 11) is 1.47. The lowest BCUT2D eigenvalue weighted by molar-refractivity contribution is -0.145. The Morgan fingerprint density at radius 1 is 1.28 bits per heavy atom. The molecule has 3 unspecified atom stereocenters. The zero-order chi connectivity index (χ0) is 18.2. The van der Waals surface area contributed by atoms with Crippen molar-refractivity contribution < 1.29 is 9.53 Å². The first-order valence-electron chi connectivity index (χ1n) is 9.88. The van der Waals surface area contributed by atoms with E-state index < -0.39 is 0 Å². The Labute approximate surface area is 153 Å². The highest BCUT2D eigenvalue weighted by atomic mass is 16.5. The number of likely N-dealkylation sites (tertiary alicyclic amines) is 2. The summed E-state index contributed by atoms with van der Waals surface area (Å²) in [4.78, 5) is 21.5. The molecule has 6 nitrogen and oxygen atoms in total. The molecule has 6 heteroatoms. The molecule has 25 heavy (non-hydrogen) atoms. The fourth-order valence-corrected chi connectivity index (χ4v) is 3.99. The number of nitrogens with one attached hydrogen (secondary N) is 1. The van der Waals surface area contributed by atoms with Crippen molar-refractivity contribution in [1.29, 1.82) is 0 Å². The maximum absolute atomic E-state index is 11.9. The molecule has 2 saturated heterocycles. The van der Waals surface area contributed by atoms with Crippen molar-refractivity contribution in [3.8, 4) is 0 Å². The second kappa shape index (κ2) is 10.00. The molecule has 2 heterocycles. The standard InChI is InChI=1S/C19H36N4O2/c1-5-20-19(23-13-16(3)17(14-23)18(24)25-4)21-9-7-11-22-10-6-8-15(2)12-22/h15-17H,5-14H2,1-4H3,(H,20,21). The van der Waals surface area contributed by atoms with Crippen LogP contribution in [0.4, 0.5) is 0 Å². The summed E-state index contributed by atoms with van der Waals surface area (Å²) in [5.41, 5.74) is 0. The van der Waals surface area contributed by atoms with E-state index in [0.717, 1.165) is 44.5 Å². The largest absolute Gasteiger partial charge is 0.469 e. The van der Waals surface area contributed by atoms with Gasteiger partial charge in [-0.05, 0) is 51.1 Å². The molecule has 0 aromatic rings. The summed E-state index contributed by atoms with van der Waals surface area (Å²) < 4.78 is 4.94. The summed E-state index contributed by atoms with van der Waals surface area (Å²) in [6.07, 6.45) is 3.78. The minimum absolute atomic E-state index is 0.0521. The first-order chi connectivity index (χ1) is 12.0. The van der Waals surface area contributed by atoms with Crippen LogP contribution in [-0.2, 0) is 9.53 Å². The number of methoxy groups -OCH3 is 1. The van der Waals surface area contributed by atoms with E-state index in [1.807, 2.05) is 0 Å². The SMILES string of the molecule is CCNC(=NCCCN1CCCC(C)C1)N1CC(C)C(C(=O)OC)C1. The first-order valence-corrected chi connectivity index (χ1v) is 9.88. The number of rotatable bonds is 6. The van der Waals surface area contributed by atoms with Crippen molar-refractivity contribution in [1.82, 2.24) is 15.1 Å². The van der Waals surface area contributed by atoms with E-state index in [1.165, 1.54) is 33.0 Å². The van der Waals surface area contributed by atoms with Gasteiger partial charge in [-0.25, -0.2) is 0 Å². The Bertz CT molecular complexity index is 455. The molecule has 0 spiro atoms. The Balaban J connectivity index is 1.83. The lowest BCUT2D eigenvalue weighted by Gasteiger charge is -2.30. The van der Waals surface area contributed by atoms with Crippen LogP contribution < -0.4 is 5.32 Å². The topological polar surface area (TPSA) is 57.2 Å². The van der Waals surface area contributed by atoms with Crippen LogP contribution in [0.2, 0.25) is 0 Å². The minimum Gasteiger partial charge on any atom is -0.469 e. The molecule has 0 aromatic heterocycles. The molecule has 0 radical (unpaired) electrons. The summed E-state index contributed by atoms with van der Waals surface area (Å²) in [6.45, 7) is 13.4. The summed E-state index contributed by atoms with van der Waals surface area (Å²) in [5.74, 6) is 1.91. The van der Waals surface area contributed by atoms with E-state index in [0.29, 0.717) is 12.5 Å². The fraction of sp³-hybridized carbons (Fsp3) is 0.895. The van der Waals surface area contributed by atoms with Crippen molar-refractivity contribution in [3.63, 3.8) is 0 Å². The molecule has 144 valence electrons. The quantitative estimate of drug-likeness (QED) is 0.342. The monoisotopic (exact) mass is 352 g/mol. The van der Waals surface area contributed by atoms with Crippen LogP contribution in [0.3, 0.4) is 0 Å². The van der Waals surface area contributed by atoms with E-state index >= 15 is 0 Å². The molecule has 0 aromatic carbocycles. The van der Waals surface area contributed by atoms with Gasteiger partial charge in [-0.15, -0.1) is 0 Å². The van der Waals surface area contributed by atoms with E-state index in [9.17, 15) is 4.79 Å². The predicted molar refractivity (Wildman–Crippen MR) is 102 cm³/mol. The highest BCUT2D eigenvalue weighted by molar-refractivity contribution is 5.82. The zero-order valence-corrected chi connectivity index (χ0v) is 16.5. The summed E-state index contributed by atoms with van der Waals surface area (Å²) in [6, 6.07) is 0. The maximum Gasteiger partial charge on any atom is 0.310 e. The van der Waals surface area contributed by atoms with Gasteiger partial charge in [-0.3, -0.25) is 9.79 Å². The van der Waals surface area contributed by atoms with Crippen LogP contribution in [0.1, 0.15) is 40.0 Å². The lowest BCUT2D eigenvalue weighted by Crippen LogP contribution is -2.41. The number of guanidine groups is 1. The van der Waals surface area contributed by atoms with Gasteiger partial charge in [0, 0.05) is 32.7 Å². The average Bonchev–Trinajstić information content (AvgIpc) is 2.98.